The van der Waals surface area contributed by atoms with Crippen LogP contribution in [0.4, 0.5) is 17.1 Å². The number of ether oxygens (including phenoxy) is 1. The summed E-state index contributed by atoms with van der Waals surface area (Å²) in [7, 11) is 4.98. The van der Waals surface area contributed by atoms with Gasteiger partial charge in [-0.25, -0.2) is 4.98 Å². The SMILES string of the molecule is COc1cn(C)nc1[C@H](Nc1c(Nc2ccnc(C(=O)N(C)C(C)C)c2O)c(=O)c1=O)C1(C)CCCC1. The number of hydrogen-bond donors (Lipinski definition) is 3. The van der Waals surface area contributed by atoms with Crippen LogP contribution < -0.4 is 26.2 Å². The van der Waals surface area contributed by atoms with E-state index in [9.17, 15) is 19.5 Å². The van der Waals surface area contributed by atoms with E-state index in [1.54, 1.807) is 32.1 Å². The van der Waals surface area contributed by atoms with Crippen LogP contribution in [0.5, 0.6) is 11.5 Å². The van der Waals surface area contributed by atoms with E-state index in [0.29, 0.717) is 11.4 Å². The maximum Gasteiger partial charge on any atom is 0.276 e. The molecule has 0 radical (unpaired) electrons. The van der Waals surface area contributed by atoms with Crippen molar-refractivity contribution < 1.29 is 14.6 Å². The van der Waals surface area contributed by atoms with Gasteiger partial charge in [-0.3, -0.25) is 19.1 Å². The minimum absolute atomic E-state index is 0.0172. The van der Waals surface area contributed by atoms with E-state index in [2.05, 4.69) is 27.6 Å². The Morgan fingerprint density at radius 2 is 1.86 bits per heavy atom. The number of pyridine rings is 1. The molecule has 1 fully saturated rings. The highest BCUT2D eigenvalue weighted by Gasteiger charge is 2.42. The van der Waals surface area contributed by atoms with E-state index < -0.39 is 28.6 Å². The summed E-state index contributed by atoms with van der Waals surface area (Å²) >= 11 is 0. The maximum atomic E-state index is 12.8. The highest BCUT2D eigenvalue weighted by atomic mass is 16.5. The normalized spacial score (nSPS) is 15.6. The van der Waals surface area contributed by atoms with Crippen LogP contribution in [-0.2, 0) is 7.05 Å². The maximum absolute atomic E-state index is 12.8. The smallest absolute Gasteiger partial charge is 0.276 e. The van der Waals surface area contributed by atoms with Crippen molar-refractivity contribution in [2.75, 3.05) is 24.8 Å². The summed E-state index contributed by atoms with van der Waals surface area (Å²) in [6, 6.07) is 0.949. The zero-order valence-corrected chi connectivity index (χ0v) is 22.1. The average molecular weight is 511 g/mol. The van der Waals surface area contributed by atoms with E-state index >= 15 is 0 Å². The first kappa shape index (κ1) is 26.2. The molecule has 1 saturated carbocycles. The number of carbonyl (C=O) groups is 1. The molecule has 3 N–H and O–H groups in total. The zero-order valence-electron chi connectivity index (χ0n) is 22.1. The average Bonchev–Trinajstić information content (AvgIpc) is 3.48. The predicted octanol–water partition coefficient (Wildman–Crippen LogP) is 3.08. The number of aromatic hydroxyl groups is 1. The molecular weight excluding hydrogens is 476 g/mol. The summed E-state index contributed by atoms with van der Waals surface area (Å²) in [5.74, 6) is -0.272. The fourth-order valence-electron chi connectivity index (χ4n) is 4.93. The molecule has 4 rings (SSSR count). The molecule has 0 bridgehead atoms. The Balaban J connectivity index is 1.70. The number of aryl methyl sites for hydroxylation is 1. The highest BCUT2D eigenvalue weighted by Crippen LogP contribution is 2.50. The van der Waals surface area contributed by atoms with Gasteiger partial charge in [-0.1, -0.05) is 19.8 Å². The van der Waals surface area contributed by atoms with Crippen LogP contribution >= 0.6 is 0 Å². The van der Waals surface area contributed by atoms with Crippen LogP contribution in [0.2, 0.25) is 0 Å². The number of nitrogens with zero attached hydrogens (tertiary/aromatic N) is 4. The van der Waals surface area contributed by atoms with Gasteiger partial charge >= 0.3 is 0 Å². The van der Waals surface area contributed by atoms with Gasteiger partial charge in [0.25, 0.3) is 16.8 Å². The van der Waals surface area contributed by atoms with Gasteiger partial charge in [0.15, 0.2) is 17.2 Å². The quantitative estimate of drug-likeness (QED) is 0.371. The largest absolute Gasteiger partial charge is 0.504 e. The number of carbonyl (C=O) groups excluding carboxylic acids is 1. The van der Waals surface area contributed by atoms with Crippen molar-refractivity contribution in [3.05, 3.63) is 50.3 Å². The molecule has 1 amide bonds. The van der Waals surface area contributed by atoms with Crippen molar-refractivity contribution in [1.29, 1.82) is 0 Å². The van der Waals surface area contributed by atoms with Gasteiger partial charge < -0.3 is 25.4 Å². The number of rotatable bonds is 9. The summed E-state index contributed by atoms with van der Waals surface area (Å²) in [5, 5.41) is 21.6. The molecule has 198 valence electrons. The Hall–Kier alpha value is -3.89. The Bertz CT molecular complexity index is 1380. The van der Waals surface area contributed by atoms with Crippen LogP contribution in [0.3, 0.4) is 0 Å². The molecule has 1 aliphatic carbocycles. The molecule has 0 saturated heterocycles. The minimum atomic E-state index is -0.714. The molecule has 1 atom stereocenters. The molecule has 0 spiro atoms. The lowest BCUT2D eigenvalue weighted by molar-refractivity contribution is 0.0746. The van der Waals surface area contributed by atoms with Crippen molar-refractivity contribution in [3.8, 4) is 11.5 Å². The molecule has 1 aliphatic rings. The second kappa shape index (κ2) is 9.87. The first-order valence-electron chi connectivity index (χ1n) is 12.4. The van der Waals surface area contributed by atoms with E-state index in [-0.39, 0.29) is 34.2 Å². The standard InChI is InChI=1S/C26H34N6O5/c1-14(2)32(5)25(36)20-21(33)15(9-12-27-20)28-18-19(23(35)22(18)34)29-24(26(3)10-7-8-11-26)17-16(37-6)13-31(4)30-17/h9,12-14,24,29,33H,7-8,10-11H2,1-6H3,(H,27,28)/t24-/m0/s1. The third-order valence-electron chi connectivity index (χ3n) is 7.44. The van der Waals surface area contributed by atoms with E-state index in [4.69, 9.17) is 4.74 Å². The van der Waals surface area contributed by atoms with Gasteiger partial charge in [-0.05, 0) is 38.2 Å². The third kappa shape index (κ3) is 4.65. The molecular formula is C26H34N6O5. The van der Waals surface area contributed by atoms with Crippen molar-refractivity contribution in [2.45, 2.75) is 58.5 Å². The van der Waals surface area contributed by atoms with Crippen molar-refractivity contribution in [3.63, 3.8) is 0 Å². The Labute approximate surface area is 215 Å². The molecule has 3 aromatic rings. The summed E-state index contributed by atoms with van der Waals surface area (Å²) in [6.07, 6.45) is 7.07. The zero-order chi connectivity index (χ0) is 27.1. The molecule has 37 heavy (non-hydrogen) atoms. The van der Waals surface area contributed by atoms with E-state index in [0.717, 1.165) is 25.7 Å². The lowest BCUT2D eigenvalue weighted by Gasteiger charge is -2.35. The van der Waals surface area contributed by atoms with Crippen LogP contribution in [0.25, 0.3) is 0 Å². The number of methoxy groups -OCH3 is 1. The number of nitrogens with one attached hydrogen (secondary N) is 2. The topological polar surface area (TPSA) is 139 Å². The van der Waals surface area contributed by atoms with Gasteiger partial charge in [0.2, 0.25) is 0 Å². The Morgan fingerprint density at radius 1 is 1.22 bits per heavy atom. The number of aromatic nitrogens is 3. The van der Waals surface area contributed by atoms with Crippen LogP contribution in [-0.4, -0.2) is 50.9 Å². The van der Waals surface area contributed by atoms with Crippen molar-refractivity contribution in [1.82, 2.24) is 19.7 Å². The fraction of sp³-hybridized carbons (Fsp3) is 0.500. The van der Waals surface area contributed by atoms with E-state index in [1.807, 2.05) is 13.8 Å². The minimum Gasteiger partial charge on any atom is -0.504 e. The number of amides is 1. The van der Waals surface area contributed by atoms with Crippen LogP contribution in [0, 0.1) is 5.41 Å². The Morgan fingerprint density at radius 3 is 2.49 bits per heavy atom. The van der Waals surface area contributed by atoms with Gasteiger partial charge in [0.1, 0.15) is 17.1 Å². The predicted molar refractivity (Wildman–Crippen MR) is 140 cm³/mol. The summed E-state index contributed by atoms with van der Waals surface area (Å²) in [5.41, 5.74) is -0.859. The lowest BCUT2D eigenvalue weighted by atomic mass is 9.78. The lowest BCUT2D eigenvalue weighted by Crippen LogP contribution is -2.40. The van der Waals surface area contributed by atoms with Crippen LogP contribution in [0.1, 0.15) is 68.7 Å². The first-order valence-corrected chi connectivity index (χ1v) is 12.4. The molecule has 11 heteroatoms. The second-order valence-electron chi connectivity index (χ2n) is 10.3. The van der Waals surface area contributed by atoms with Crippen molar-refractivity contribution >= 4 is 23.0 Å². The third-order valence-corrected chi connectivity index (χ3v) is 7.44. The van der Waals surface area contributed by atoms with Gasteiger partial charge in [-0.15, -0.1) is 0 Å². The monoisotopic (exact) mass is 510 g/mol. The van der Waals surface area contributed by atoms with Gasteiger partial charge in [0.05, 0.1) is 25.0 Å². The summed E-state index contributed by atoms with van der Waals surface area (Å²) in [6.45, 7) is 5.83. The van der Waals surface area contributed by atoms with E-state index in [1.165, 1.54) is 17.2 Å². The van der Waals surface area contributed by atoms with Gasteiger partial charge in [-0.2, -0.15) is 5.10 Å². The number of hydrogen-bond acceptors (Lipinski definition) is 9. The summed E-state index contributed by atoms with van der Waals surface area (Å²) in [4.78, 5) is 43.6. The molecule has 0 unspecified atom stereocenters. The first-order chi connectivity index (χ1) is 17.5. The molecule has 11 nitrogen and oxygen atoms in total. The molecule has 2 aromatic heterocycles. The van der Waals surface area contributed by atoms with Crippen molar-refractivity contribution in [2.24, 2.45) is 12.5 Å². The highest BCUT2D eigenvalue weighted by molar-refractivity contribution is 5.97. The van der Waals surface area contributed by atoms with Crippen LogP contribution in [0.15, 0.2) is 28.0 Å². The molecule has 0 aliphatic heterocycles. The molecule has 1 aromatic carbocycles. The number of anilines is 3. The second-order valence-corrected chi connectivity index (χ2v) is 10.3. The summed E-state index contributed by atoms with van der Waals surface area (Å²) < 4.78 is 7.22. The van der Waals surface area contributed by atoms with Gasteiger partial charge in [0, 0.05) is 26.3 Å². The molecule has 2 heterocycles. The fourth-order valence-corrected chi connectivity index (χ4v) is 4.93. The Kier molecular flexibility index (Phi) is 6.98.